The van der Waals surface area contributed by atoms with E-state index in [0.717, 1.165) is 9.13 Å². The minimum Gasteiger partial charge on any atom is -0.326 e. The number of anilines is 2. The molecule has 0 spiro atoms. The van der Waals surface area contributed by atoms with Crippen LogP contribution in [0.4, 0.5) is 11.4 Å². The summed E-state index contributed by atoms with van der Waals surface area (Å²) in [5.74, 6) is -0.145. The summed E-state index contributed by atoms with van der Waals surface area (Å²) in [6.45, 7) is 7.82. The summed E-state index contributed by atoms with van der Waals surface area (Å²) >= 11 is 2.09. The Bertz CT molecular complexity index is 919. The Morgan fingerprint density at radius 3 is 2.46 bits per heavy atom. The molecule has 0 fully saturated rings. The molecule has 2 aromatic rings. The molecule has 26 heavy (non-hydrogen) atoms. The van der Waals surface area contributed by atoms with Crippen molar-refractivity contribution in [1.82, 2.24) is 0 Å². The van der Waals surface area contributed by atoms with Gasteiger partial charge < -0.3 is 5.32 Å². The number of amides is 1. The molecule has 0 aliphatic rings. The van der Waals surface area contributed by atoms with E-state index in [1.807, 2.05) is 39.8 Å². The van der Waals surface area contributed by atoms with Gasteiger partial charge in [0.2, 0.25) is 5.91 Å². The number of benzene rings is 2. The van der Waals surface area contributed by atoms with Crippen molar-refractivity contribution in [2.45, 2.75) is 39.0 Å². The summed E-state index contributed by atoms with van der Waals surface area (Å²) in [4.78, 5) is 12.2. The number of sulfonamides is 1. The third kappa shape index (κ3) is 5.98. The fraction of sp³-hybridized carbons (Fsp3) is 0.316. The topological polar surface area (TPSA) is 75.3 Å². The maximum absolute atomic E-state index is 12.7. The second-order valence-corrected chi connectivity index (χ2v) is 10.2. The largest absolute Gasteiger partial charge is 0.326 e. The molecule has 140 valence electrons. The van der Waals surface area contributed by atoms with Crippen molar-refractivity contribution in [2.75, 3.05) is 10.0 Å². The number of nitrogens with one attached hydrogen (secondary N) is 2. The van der Waals surface area contributed by atoms with Gasteiger partial charge in [-0.3, -0.25) is 9.52 Å². The highest BCUT2D eigenvalue weighted by atomic mass is 127. The Kier molecular flexibility index (Phi) is 6.33. The van der Waals surface area contributed by atoms with Gasteiger partial charge in [-0.1, -0.05) is 32.9 Å². The lowest BCUT2D eigenvalue weighted by atomic mass is 9.92. The van der Waals surface area contributed by atoms with Crippen LogP contribution in [0.1, 0.15) is 32.8 Å². The van der Waals surface area contributed by atoms with Crippen LogP contribution in [-0.4, -0.2) is 14.3 Å². The standard InChI is InChI=1S/C19H23IN2O3S/c1-13-8-9-16(20)17(10-13)22-26(24,25)15-7-5-6-14(11-15)21-18(23)12-19(2,3)4/h5-11,22H,12H2,1-4H3,(H,21,23). The van der Waals surface area contributed by atoms with Crippen molar-refractivity contribution < 1.29 is 13.2 Å². The predicted molar refractivity (Wildman–Crippen MR) is 114 cm³/mol. The number of hydrogen-bond donors (Lipinski definition) is 2. The van der Waals surface area contributed by atoms with E-state index >= 15 is 0 Å². The van der Waals surface area contributed by atoms with Crippen molar-refractivity contribution in [1.29, 1.82) is 0 Å². The van der Waals surface area contributed by atoms with Gasteiger partial charge in [0.25, 0.3) is 10.0 Å². The van der Waals surface area contributed by atoms with Crippen molar-refractivity contribution in [3.05, 3.63) is 51.6 Å². The lowest BCUT2D eigenvalue weighted by molar-refractivity contribution is -0.117. The predicted octanol–water partition coefficient (Wildman–Crippen LogP) is 4.78. The van der Waals surface area contributed by atoms with Gasteiger partial charge in [0.05, 0.1) is 10.6 Å². The fourth-order valence-corrected chi connectivity index (χ4v) is 4.12. The van der Waals surface area contributed by atoms with Crippen molar-refractivity contribution in [3.8, 4) is 0 Å². The highest BCUT2D eigenvalue weighted by Gasteiger charge is 2.18. The molecule has 0 unspecified atom stereocenters. The van der Waals surface area contributed by atoms with E-state index in [0.29, 0.717) is 17.8 Å². The smallest absolute Gasteiger partial charge is 0.262 e. The molecule has 2 aromatic carbocycles. The first kappa shape index (κ1) is 20.7. The summed E-state index contributed by atoms with van der Waals surface area (Å²) in [7, 11) is -3.75. The zero-order valence-corrected chi connectivity index (χ0v) is 18.2. The van der Waals surface area contributed by atoms with Gasteiger partial charge in [-0.25, -0.2) is 8.42 Å². The summed E-state index contributed by atoms with van der Waals surface area (Å²) in [6.07, 6.45) is 0.351. The van der Waals surface area contributed by atoms with Gasteiger partial charge in [-0.2, -0.15) is 0 Å². The molecule has 7 heteroatoms. The lowest BCUT2D eigenvalue weighted by Crippen LogP contribution is -2.20. The second-order valence-electron chi connectivity index (χ2n) is 7.40. The van der Waals surface area contributed by atoms with Gasteiger partial charge in [-0.05, 0) is 70.8 Å². The number of rotatable bonds is 5. The molecule has 0 aliphatic carbocycles. The zero-order chi connectivity index (χ0) is 19.5. The quantitative estimate of drug-likeness (QED) is 0.598. The number of hydrogen-bond acceptors (Lipinski definition) is 3. The molecule has 0 aromatic heterocycles. The van der Waals surface area contributed by atoms with Crippen LogP contribution < -0.4 is 10.0 Å². The van der Waals surface area contributed by atoms with Crippen LogP contribution in [0.2, 0.25) is 0 Å². The minimum absolute atomic E-state index is 0.100. The van der Waals surface area contributed by atoms with Crippen molar-refractivity contribution in [2.24, 2.45) is 5.41 Å². The van der Waals surface area contributed by atoms with E-state index in [2.05, 4.69) is 32.6 Å². The molecule has 0 radical (unpaired) electrons. The molecule has 2 N–H and O–H groups in total. The van der Waals surface area contributed by atoms with Crippen LogP contribution in [0.25, 0.3) is 0 Å². The molecule has 5 nitrogen and oxygen atoms in total. The minimum atomic E-state index is -3.75. The molecule has 0 bridgehead atoms. The summed E-state index contributed by atoms with van der Waals surface area (Å²) < 4.78 is 28.8. The lowest BCUT2D eigenvalue weighted by Gasteiger charge is -2.17. The number of aryl methyl sites for hydroxylation is 1. The molecular formula is C19H23IN2O3S. The average Bonchev–Trinajstić information content (AvgIpc) is 2.49. The SMILES string of the molecule is Cc1ccc(I)c(NS(=O)(=O)c2cccc(NC(=O)CC(C)(C)C)c2)c1. The van der Waals surface area contributed by atoms with Gasteiger partial charge in [0.1, 0.15) is 0 Å². The highest BCUT2D eigenvalue weighted by Crippen LogP contribution is 2.25. The van der Waals surface area contributed by atoms with Crippen molar-refractivity contribution in [3.63, 3.8) is 0 Å². The Morgan fingerprint density at radius 1 is 1.12 bits per heavy atom. The maximum atomic E-state index is 12.7. The molecule has 0 heterocycles. The first-order valence-corrected chi connectivity index (χ1v) is 10.7. The summed E-state index contributed by atoms with van der Waals surface area (Å²) in [6, 6.07) is 11.8. The van der Waals surface area contributed by atoms with E-state index in [9.17, 15) is 13.2 Å². The highest BCUT2D eigenvalue weighted by molar-refractivity contribution is 14.1. The monoisotopic (exact) mass is 486 g/mol. The molecule has 0 saturated heterocycles. The Morgan fingerprint density at radius 2 is 1.81 bits per heavy atom. The van der Waals surface area contributed by atoms with E-state index in [4.69, 9.17) is 0 Å². The Labute approximate surface area is 168 Å². The van der Waals surface area contributed by atoms with Crippen LogP contribution in [-0.2, 0) is 14.8 Å². The van der Waals surface area contributed by atoms with E-state index < -0.39 is 10.0 Å². The molecular weight excluding hydrogens is 463 g/mol. The second kappa shape index (κ2) is 7.96. The third-order valence-corrected chi connectivity index (χ3v) is 5.79. The van der Waals surface area contributed by atoms with Crippen LogP contribution >= 0.6 is 22.6 Å². The van der Waals surface area contributed by atoms with Gasteiger partial charge in [0, 0.05) is 15.7 Å². The van der Waals surface area contributed by atoms with Crippen LogP contribution in [0, 0.1) is 15.9 Å². The van der Waals surface area contributed by atoms with Crippen LogP contribution in [0.15, 0.2) is 47.4 Å². The third-order valence-electron chi connectivity index (χ3n) is 3.49. The number of carbonyl (C=O) groups is 1. The molecule has 0 saturated carbocycles. The Balaban J connectivity index is 2.22. The van der Waals surface area contributed by atoms with Crippen LogP contribution in [0.3, 0.4) is 0 Å². The Hall–Kier alpha value is -1.61. The first-order valence-electron chi connectivity index (χ1n) is 8.15. The number of carbonyl (C=O) groups excluding carboxylic acids is 1. The normalized spacial score (nSPS) is 11.9. The molecule has 2 rings (SSSR count). The van der Waals surface area contributed by atoms with E-state index in [1.165, 1.54) is 12.1 Å². The molecule has 0 atom stereocenters. The summed E-state index contributed by atoms with van der Waals surface area (Å²) in [5.41, 5.74) is 1.82. The van der Waals surface area contributed by atoms with E-state index in [1.54, 1.807) is 18.2 Å². The average molecular weight is 486 g/mol. The van der Waals surface area contributed by atoms with Gasteiger partial charge in [0.15, 0.2) is 0 Å². The molecule has 0 aliphatic heterocycles. The van der Waals surface area contributed by atoms with Crippen molar-refractivity contribution >= 4 is 49.9 Å². The summed E-state index contributed by atoms with van der Waals surface area (Å²) in [5, 5.41) is 2.76. The first-order chi connectivity index (χ1) is 12.0. The molecule has 1 amide bonds. The van der Waals surface area contributed by atoms with Gasteiger partial charge >= 0.3 is 0 Å². The zero-order valence-electron chi connectivity index (χ0n) is 15.3. The van der Waals surface area contributed by atoms with Gasteiger partial charge in [-0.15, -0.1) is 0 Å². The van der Waals surface area contributed by atoms with Crippen LogP contribution in [0.5, 0.6) is 0 Å². The van der Waals surface area contributed by atoms with E-state index in [-0.39, 0.29) is 16.2 Å². The maximum Gasteiger partial charge on any atom is 0.262 e. The number of halogens is 1. The fourth-order valence-electron chi connectivity index (χ4n) is 2.35.